The summed E-state index contributed by atoms with van der Waals surface area (Å²) in [5.74, 6) is 0.796. The summed E-state index contributed by atoms with van der Waals surface area (Å²) in [4.78, 5) is 24.8. The van der Waals surface area contributed by atoms with Crippen molar-refractivity contribution in [3.05, 3.63) is 65.4 Å². The van der Waals surface area contributed by atoms with Gasteiger partial charge in [0.15, 0.2) is 5.65 Å². The molecule has 1 saturated carbocycles. The molecular formula is C29H34N6O3. The van der Waals surface area contributed by atoms with Crippen molar-refractivity contribution in [3.63, 3.8) is 0 Å². The number of hydrogen-bond acceptors (Lipinski definition) is 7. The quantitative estimate of drug-likeness (QED) is 0.223. The van der Waals surface area contributed by atoms with Crippen LogP contribution in [0.1, 0.15) is 54.1 Å². The number of aromatic nitrogens is 3. The molecule has 1 fully saturated rings. The molecule has 1 aliphatic rings. The number of imidazole rings is 1. The Kier molecular flexibility index (Phi) is 7.57. The molecule has 0 radical (unpaired) electrons. The van der Waals surface area contributed by atoms with Crippen LogP contribution in [0.4, 0.5) is 11.4 Å². The Bertz CT molecular complexity index is 1430. The molecule has 9 nitrogen and oxygen atoms in total. The third kappa shape index (κ3) is 5.20. The average molecular weight is 515 g/mol. The predicted molar refractivity (Wildman–Crippen MR) is 149 cm³/mol. The molecule has 5 rings (SSSR count). The number of benzene rings is 2. The monoisotopic (exact) mass is 514 g/mol. The van der Waals surface area contributed by atoms with Crippen LogP contribution >= 0.6 is 0 Å². The molecule has 38 heavy (non-hydrogen) atoms. The number of aliphatic hydroxyl groups excluding tert-OH is 1. The Hall–Kier alpha value is -3.95. The number of methoxy groups -OCH3 is 1. The second-order valence-electron chi connectivity index (χ2n) is 9.68. The van der Waals surface area contributed by atoms with Crippen LogP contribution in [0.5, 0.6) is 5.75 Å². The number of ether oxygens (including phenoxy) is 1. The van der Waals surface area contributed by atoms with Gasteiger partial charge in [-0.2, -0.15) is 0 Å². The van der Waals surface area contributed by atoms with Crippen molar-refractivity contribution in [1.82, 2.24) is 20.3 Å². The van der Waals surface area contributed by atoms with Crippen LogP contribution in [0.15, 0.2) is 48.7 Å². The molecular weight excluding hydrogens is 480 g/mol. The van der Waals surface area contributed by atoms with Gasteiger partial charge >= 0.3 is 0 Å². The van der Waals surface area contributed by atoms with E-state index in [9.17, 15) is 9.90 Å². The van der Waals surface area contributed by atoms with E-state index in [1.54, 1.807) is 7.11 Å². The van der Waals surface area contributed by atoms with E-state index in [1.807, 2.05) is 36.4 Å². The van der Waals surface area contributed by atoms with Crippen molar-refractivity contribution in [3.8, 4) is 17.1 Å². The Morgan fingerprint density at radius 3 is 2.68 bits per heavy atom. The van der Waals surface area contributed by atoms with E-state index in [2.05, 4.69) is 38.6 Å². The maximum Gasteiger partial charge on any atom is 0.252 e. The number of hydrogen-bond donors (Lipinski definition) is 5. The summed E-state index contributed by atoms with van der Waals surface area (Å²) >= 11 is 0. The van der Waals surface area contributed by atoms with Crippen LogP contribution in [0.25, 0.3) is 22.6 Å². The summed E-state index contributed by atoms with van der Waals surface area (Å²) in [6.07, 6.45) is 5.98. The number of aromatic amines is 1. The lowest BCUT2D eigenvalue weighted by Gasteiger charge is -2.29. The second-order valence-corrected chi connectivity index (χ2v) is 9.68. The van der Waals surface area contributed by atoms with Gasteiger partial charge in [-0.15, -0.1) is 0 Å². The van der Waals surface area contributed by atoms with Crippen molar-refractivity contribution in [1.29, 1.82) is 0 Å². The number of carbonyl (C=O) groups is 1. The first-order valence-corrected chi connectivity index (χ1v) is 13.1. The van der Waals surface area contributed by atoms with Crippen LogP contribution in [-0.4, -0.2) is 45.2 Å². The smallest absolute Gasteiger partial charge is 0.252 e. The number of rotatable bonds is 9. The first-order chi connectivity index (χ1) is 18.5. The number of primary amides is 1. The minimum Gasteiger partial charge on any atom is -0.497 e. The number of nitrogens with two attached hydrogens (primary N) is 1. The summed E-state index contributed by atoms with van der Waals surface area (Å²) in [6, 6.07) is 13.7. The third-order valence-corrected chi connectivity index (χ3v) is 7.32. The van der Waals surface area contributed by atoms with Gasteiger partial charge in [-0.05, 0) is 60.7 Å². The molecule has 2 unspecified atom stereocenters. The first-order valence-electron chi connectivity index (χ1n) is 13.1. The van der Waals surface area contributed by atoms with E-state index in [1.165, 1.54) is 6.20 Å². The zero-order chi connectivity index (χ0) is 26.6. The van der Waals surface area contributed by atoms with Gasteiger partial charge in [-0.1, -0.05) is 31.9 Å². The van der Waals surface area contributed by atoms with Crippen LogP contribution < -0.4 is 21.1 Å². The van der Waals surface area contributed by atoms with Crippen LogP contribution in [0, 0.1) is 0 Å². The summed E-state index contributed by atoms with van der Waals surface area (Å²) in [5, 5.41) is 17.4. The van der Waals surface area contributed by atoms with Crippen molar-refractivity contribution in [2.45, 2.75) is 57.7 Å². The number of nitrogens with zero attached hydrogens (tertiary/aromatic N) is 2. The molecule has 198 valence electrons. The van der Waals surface area contributed by atoms with Gasteiger partial charge in [-0.3, -0.25) is 4.79 Å². The van der Waals surface area contributed by atoms with E-state index in [4.69, 9.17) is 10.5 Å². The zero-order valence-electron chi connectivity index (χ0n) is 21.8. The summed E-state index contributed by atoms with van der Waals surface area (Å²) < 4.78 is 5.26. The van der Waals surface area contributed by atoms with Gasteiger partial charge in [0.05, 0.1) is 24.5 Å². The molecule has 2 aromatic heterocycles. The minimum absolute atomic E-state index is 0.104. The number of pyridine rings is 1. The van der Waals surface area contributed by atoms with Crippen LogP contribution in [0.3, 0.4) is 0 Å². The third-order valence-electron chi connectivity index (χ3n) is 7.32. The lowest BCUT2D eigenvalue weighted by atomic mass is 9.92. The molecule has 0 aliphatic heterocycles. The van der Waals surface area contributed by atoms with Crippen LogP contribution in [-0.2, 0) is 13.0 Å². The fraction of sp³-hybridized carbons (Fsp3) is 0.345. The second kappa shape index (κ2) is 11.2. The number of carbonyl (C=O) groups excluding carboxylic acids is 1. The van der Waals surface area contributed by atoms with E-state index in [0.717, 1.165) is 60.2 Å². The predicted octanol–water partition coefficient (Wildman–Crippen LogP) is 4.43. The van der Waals surface area contributed by atoms with Gasteiger partial charge in [-0.25, -0.2) is 9.97 Å². The van der Waals surface area contributed by atoms with Crippen molar-refractivity contribution < 1.29 is 14.6 Å². The fourth-order valence-corrected chi connectivity index (χ4v) is 5.22. The summed E-state index contributed by atoms with van der Waals surface area (Å²) in [5.41, 5.74) is 11.7. The molecule has 1 amide bonds. The minimum atomic E-state index is -0.579. The number of aliphatic hydroxyl groups is 1. The topological polar surface area (TPSA) is 138 Å². The van der Waals surface area contributed by atoms with E-state index in [-0.39, 0.29) is 17.7 Å². The Morgan fingerprint density at radius 2 is 1.97 bits per heavy atom. The highest BCUT2D eigenvalue weighted by atomic mass is 16.5. The molecule has 2 aromatic carbocycles. The molecule has 4 aromatic rings. The number of fused-ring (bicyclic) bond motifs is 1. The maximum absolute atomic E-state index is 12.4. The lowest BCUT2D eigenvalue weighted by Crippen LogP contribution is -2.41. The van der Waals surface area contributed by atoms with Gasteiger partial charge < -0.3 is 31.2 Å². The molecule has 9 heteroatoms. The van der Waals surface area contributed by atoms with Crippen molar-refractivity contribution in [2.75, 3.05) is 12.4 Å². The number of H-pyrrole nitrogens is 1. The first kappa shape index (κ1) is 25.7. The molecule has 0 saturated heterocycles. The SMILES string of the molecule is CCc1c(CNC2CCCCC2O)cccc1Nc1c(C(N)=O)cnc2nc(-c3ccc(OC)cc3)[nH]c12. The highest BCUT2D eigenvalue weighted by molar-refractivity contribution is 6.06. The van der Waals surface area contributed by atoms with Crippen molar-refractivity contribution in [2.24, 2.45) is 5.73 Å². The molecule has 2 heterocycles. The number of nitrogens with one attached hydrogen (secondary N) is 3. The van der Waals surface area contributed by atoms with Gasteiger partial charge in [0.25, 0.3) is 5.91 Å². The van der Waals surface area contributed by atoms with Crippen molar-refractivity contribution >= 4 is 28.4 Å². The fourth-order valence-electron chi connectivity index (χ4n) is 5.22. The summed E-state index contributed by atoms with van der Waals surface area (Å²) in [7, 11) is 1.62. The molecule has 1 aliphatic carbocycles. The lowest BCUT2D eigenvalue weighted by molar-refractivity contribution is 0.0902. The Balaban J connectivity index is 1.49. The zero-order valence-corrected chi connectivity index (χ0v) is 21.8. The van der Waals surface area contributed by atoms with E-state index < -0.39 is 5.91 Å². The summed E-state index contributed by atoms with van der Waals surface area (Å²) in [6.45, 7) is 2.76. The van der Waals surface area contributed by atoms with Gasteiger partial charge in [0.2, 0.25) is 0 Å². The van der Waals surface area contributed by atoms with Crippen LogP contribution in [0.2, 0.25) is 0 Å². The number of anilines is 2. The van der Waals surface area contributed by atoms with Gasteiger partial charge in [0.1, 0.15) is 17.1 Å². The molecule has 2 atom stereocenters. The highest BCUT2D eigenvalue weighted by Crippen LogP contribution is 2.33. The van der Waals surface area contributed by atoms with Gasteiger partial charge in [0, 0.05) is 30.0 Å². The highest BCUT2D eigenvalue weighted by Gasteiger charge is 2.23. The number of amides is 1. The Morgan fingerprint density at radius 1 is 1.18 bits per heavy atom. The molecule has 0 spiro atoms. The molecule has 6 N–H and O–H groups in total. The van der Waals surface area contributed by atoms with E-state index in [0.29, 0.717) is 29.2 Å². The average Bonchev–Trinajstić information content (AvgIpc) is 3.38. The normalized spacial score (nSPS) is 17.4. The maximum atomic E-state index is 12.4. The standard InChI is InChI=1S/C29H34N6O3/c1-3-20-18(15-31-23-8-4-5-10-24(23)36)7-6-9-22(20)33-25-21(27(30)37)16-32-29-26(25)34-28(35-29)17-11-13-19(38-2)14-12-17/h6-7,9,11-14,16,23-24,31,36H,3-5,8,10,15H2,1-2H3,(H2,30,37)(H2,32,33,34,35). The largest absolute Gasteiger partial charge is 0.497 e. The Labute approximate surface area is 221 Å². The molecule has 0 bridgehead atoms. The van der Waals surface area contributed by atoms with E-state index >= 15 is 0 Å².